The van der Waals surface area contributed by atoms with E-state index in [9.17, 15) is 34.2 Å². The Labute approximate surface area is 263 Å². The second kappa shape index (κ2) is 14.3. The maximum atomic E-state index is 13.1. The summed E-state index contributed by atoms with van der Waals surface area (Å²) in [6.45, 7) is -0.484. The SMILES string of the molecule is O=C(O)CC[C@H](NC(=O)c1ccc2ccccc2c1)C1=NOC(C(=O)N[C@@H](CC(=O)O)C(=O)COc2ccc3ccccc3c2)C1. The average Bonchev–Trinajstić information content (AvgIpc) is 3.55. The Morgan fingerprint density at radius 3 is 2.15 bits per heavy atom. The fourth-order valence-corrected chi connectivity index (χ4v) is 5.10. The van der Waals surface area contributed by atoms with E-state index in [1.807, 2.05) is 54.6 Å². The van der Waals surface area contributed by atoms with Gasteiger partial charge < -0.3 is 30.4 Å². The molecule has 1 heterocycles. The number of oxime groups is 1. The molecule has 4 aromatic rings. The number of fused-ring (bicyclic) bond motifs is 2. The Bertz CT molecular complexity index is 1840. The minimum absolute atomic E-state index is 0.0164. The standard InChI is InChI=1S/C34H31N3O9/c38-29(19-45-25-12-11-21-6-2-4-8-23(21)16-25)28(18-32(41)42)36-34(44)30-17-27(37-46-30)26(13-14-31(39)40)35-33(43)24-10-9-20-5-1-3-7-22(20)15-24/h1-12,15-16,26,28,30H,13-14,17-19H2,(H,35,43)(H,36,44)(H,39,40)(H,41,42)/t26-,28-,30?/m0/s1. The highest BCUT2D eigenvalue weighted by atomic mass is 16.6. The zero-order valence-electron chi connectivity index (χ0n) is 24.5. The fourth-order valence-electron chi connectivity index (χ4n) is 5.10. The molecule has 12 heteroatoms. The number of benzene rings is 4. The first-order valence-corrected chi connectivity index (χ1v) is 14.6. The van der Waals surface area contributed by atoms with Crippen LogP contribution in [0.4, 0.5) is 0 Å². The topological polar surface area (TPSA) is 181 Å². The Balaban J connectivity index is 1.21. The van der Waals surface area contributed by atoms with Gasteiger partial charge in [-0.1, -0.05) is 65.8 Å². The van der Waals surface area contributed by atoms with E-state index in [0.717, 1.165) is 21.5 Å². The number of Topliss-reactive ketones (excluding diaryl/α,β-unsaturated/α-hetero) is 1. The Morgan fingerprint density at radius 1 is 0.826 bits per heavy atom. The number of hydrogen-bond donors (Lipinski definition) is 4. The maximum Gasteiger partial charge on any atom is 0.305 e. The van der Waals surface area contributed by atoms with Crippen LogP contribution in [-0.4, -0.2) is 70.3 Å². The number of hydrogen-bond acceptors (Lipinski definition) is 8. The van der Waals surface area contributed by atoms with Crippen LogP contribution in [0.3, 0.4) is 0 Å². The summed E-state index contributed by atoms with van der Waals surface area (Å²) in [4.78, 5) is 67.3. The van der Waals surface area contributed by atoms with Crippen molar-refractivity contribution in [1.29, 1.82) is 0 Å². The molecule has 0 saturated heterocycles. The number of nitrogens with one attached hydrogen (secondary N) is 2. The lowest BCUT2D eigenvalue weighted by Gasteiger charge is -2.19. The van der Waals surface area contributed by atoms with E-state index < -0.39 is 60.8 Å². The number of carbonyl (C=O) groups excluding carboxylic acids is 3. The van der Waals surface area contributed by atoms with Gasteiger partial charge in [0.15, 0.2) is 5.78 Å². The molecule has 0 aromatic heterocycles. The lowest BCUT2D eigenvalue weighted by molar-refractivity contribution is -0.141. The van der Waals surface area contributed by atoms with E-state index in [1.54, 1.807) is 30.3 Å². The number of aliphatic carboxylic acids is 2. The summed E-state index contributed by atoms with van der Waals surface area (Å²) >= 11 is 0. The van der Waals surface area contributed by atoms with Gasteiger partial charge in [0.05, 0.1) is 18.2 Å². The highest BCUT2D eigenvalue weighted by molar-refractivity contribution is 6.03. The van der Waals surface area contributed by atoms with Crippen LogP contribution in [0.15, 0.2) is 90.1 Å². The fraction of sp³-hybridized carbons (Fsp3) is 0.235. The van der Waals surface area contributed by atoms with Gasteiger partial charge in [-0.05, 0) is 52.2 Å². The van der Waals surface area contributed by atoms with Crippen molar-refractivity contribution >= 4 is 56.8 Å². The molecular formula is C34H31N3O9. The van der Waals surface area contributed by atoms with Crippen LogP contribution in [0.5, 0.6) is 5.75 Å². The zero-order chi connectivity index (χ0) is 32.6. The molecule has 0 saturated carbocycles. The van der Waals surface area contributed by atoms with Crippen LogP contribution < -0.4 is 15.4 Å². The first kappa shape index (κ1) is 31.6. The number of ether oxygens (including phenoxy) is 1. The average molecular weight is 626 g/mol. The molecule has 12 nitrogen and oxygen atoms in total. The molecule has 4 aromatic carbocycles. The van der Waals surface area contributed by atoms with E-state index in [2.05, 4.69) is 15.8 Å². The molecule has 2 amide bonds. The van der Waals surface area contributed by atoms with E-state index in [1.165, 1.54) is 0 Å². The van der Waals surface area contributed by atoms with Crippen molar-refractivity contribution in [2.75, 3.05) is 6.61 Å². The van der Waals surface area contributed by atoms with E-state index in [-0.39, 0.29) is 25.0 Å². The van der Waals surface area contributed by atoms with Crippen molar-refractivity contribution < 1.29 is 43.8 Å². The van der Waals surface area contributed by atoms with Gasteiger partial charge in [0, 0.05) is 18.4 Å². The molecule has 4 N–H and O–H groups in total. The second-order valence-electron chi connectivity index (χ2n) is 10.8. The minimum Gasteiger partial charge on any atom is -0.486 e. The van der Waals surface area contributed by atoms with Crippen LogP contribution in [0, 0.1) is 0 Å². The van der Waals surface area contributed by atoms with Crippen molar-refractivity contribution in [3.8, 4) is 5.75 Å². The van der Waals surface area contributed by atoms with Crippen molar-refractivity contribution in [2.45, 2.75) is 43.9 Å². The molecule has 236 valence electrons. The third-order valence-electron chi connectivity index (χ3n) is 7.54. The van der Waals surface area contributed by atoms with Gasteiger partial charge in [0.2, 0.25) is 6.10 Å². The number of rotatable bonds is 14. The lowest BCUT2D eigenvalue weighted by atomic mass is 9.99. The molecule has 1 aliphatic rings. The third-order valence-corrected chi connectivity index (χ3v) is 7.54. The molecule has 0 spiro atoms. The van der Waals surface area contributed by atoms with Crippen molar-refractivity contribution in [2.24, 2.45) is 5.16 Å². The largest absolute Gasteiger partial charge is 0.486 e. The van der Waals surface area contributed by atoms with Gasteiger partial charge in [-0.3, -0.25) is 24.0 Å². The maximum absolute atomic E-state index is 13.1. The quantitative estimate of drug-likeness (QED) is 0.162. The summed E-state index contributed by atoms with van der Waals surface area (Å²) in [7, 11) is 0. The minimum atomic E-state index is -1.41. The molecule has 46 heavy (non-hydrogen) atoms. The number of carboxylic acid groups (broad SMARTS) is 2. The molecule has 0 aliphatic carbocycles. The number of carbonyl (C=O) groups is 5. The Morgan fingerprint density at radius 2 is 1.48 bits per heavy atom. The highest BCUT2D eigenvalue weighted by Gasteiger charge is 2.35. The van der Waals surface area contributed by atoms with Crippen molar-refractivity contribution in [1.82, 2.24) is 10.6 Å². The number of nitrogens with zero attached hydrogens (tertiary/aromatic N) is 1. The van der Waals surface area contributed by atoms with Crippen LogP contribution in [0.1, 0.15) is 36.0 Å². The number of carboxylic acids is 2. The van der Waals surface area contributed by atoms with Gasteiger partial charge in [-0.2, -0.15) is 0 Å². The first-order valence-electron chi connectivity index (χ1n) is 14.6. The summed E-state index contributed by atoms with van der Waals surface area (Å²) in [5, 5.41) is 31.5. The van der Waals surface area contributed by atoms with E-state index in [4.69, 9.17) is 9.57 Å². The van der Waals surface area contributed by atoms with Crippen LogP contribution in [0.2, 0.25) is 0 Å². The van der Waals surface area contributed by atoms with E-state index >= 15 is 0 Å². The summed E-state index contributed by atoms with van der Waals surface area (Å²) < 4.78 is 5.60. The zero-order valence-corrected chi connectivity index (χ0v) is 24.5. The monoisotopic (exact) mass is 625 g/mol. The van der Waals surface area contributed by atoms with Crippen LogP contribution in [0.25, 0.3) is 21.5 Å². The first-order chi connectivity index (χ1) is 22.2. The van der Waals surface area contributed by atoms with Crippen LogP contribution in [-0.2, 0) is 24.0 Å². The summed E-state index contributed by atoms with van der Waals surface area (Å²) in [5.74, 6) is -3.90. The predicted molar refractivity (Wildman–Crippen MR) is 168 cm³/mol. The highest BCUT2D eigenvalue weighted by Crippen LogP contribution is 2.22. The molecule has 5 rings (SSSR count). The number of ketones is 1. The smallest absolute Gasteiger partial charge is 0.305 e. The lowest BCUT2D eigenvalue weighted by Crippen LogP contribution is -2.48. The normalized spacial score (nSPS) is 15.3. The summed E-state index contributed by atoms with van der Waals surface area (Å²) in [6, 6.07) is 23.2. The van der Waals surface area contributed by atoms with Crippen molar-refractivity contribution in [3.63, 3.8) is 0 Å². The van der Waals surface area contributed by atoms with Gasteiger partial charge in [-0.15, -0.1) is 0 Å². The molecule has 0 radical (unpaired) electrons. The molecule has 1 unspecified atom stereocenters. The molecule has 0 bridgehead atoms. The molecule has 1 aliphatic heterocycles. The summed E-state index contributed by atoms with van der Waals surface area (Å²) in [6.07, 6.45) is -2.34. The molecule has 3 atom stereocenters. The third kappa shape index (κ3) is 8.03. The summed E-state index contributed by atoms with van der Waals surface area (Å²) in [5.41, 5.74) is 0.588. The van der Waals surface area contributed by atoms with Gasteiger partial charge in [0.1, 0.15) is 18.4 Å². The molecular weight excluding hydrogens is 594 g/mol. The number of amides is 2. The van der Waals surface area contributed by atoms with Gasteiger partial charge in [-0.25, -0.2) is 0 Å². The van der Waals surface area contributed by atoms with Gasteiger partial charge >= 0.3 is 11.9 Å². The van der Waals surface area contributed by atoms with Crippen LogP contribution >= 0.6 is 0 Å². The van der Waals surface area contributed by atoms with Gasteiger partial charge in [0.25, 0.3) is 11.8 Å². The Hall–Kier alpha value is -5.78. The second-order valence-corrected chi connectivity index (χ2v) is 10.8. The van der Waals surface area contributed by atoms with Crippen molar-refractivity contribution in [3.05, 3.63) is 90.5 Å². The van der Waals surface area contributed by atoms with E-state index in [0.29, 0.717) is 11.3 Å². The Kier molecular flexibility index (Phi) is 9.86. The predicted octanol–water partition coefficient (Wildman–Crippen LogP) is 3.71. The molecule has 0 fully saturated rings.